The molecule has 1 aromatic heterocycles. The van der Waals surface area contributed by atoms with Crippen LogP contribution in [0.3, 0.4) is 0 Å². The number of ether oxygens (including phenoxy) is 1. The van der Waals surface area contributed by atoms with Crippen molar-refractivity contribution in [1.29, 1.82) is 0 Å². The molecule has 0 atom stereocenters. The van der Waals surface area contributed by atoms with Crippen LogP contribution in [0.15, 0.2) is 70.9 Å². The van der Waals surface area contributed by atoms with Gasteiger partial charge in [-0.1, -0.05) is 30.3 Å². The van der Waals surface area contributed by atoms with E-state index in [0.29, 0.717) is 38.4 Å². The first-order valence-electron chi connectivity index (χ1n) is 12.5. The van der Waals surface area contributed by atoms with E-state index in [1.165, 1.54) is 35.5 Å². The van der Waals surface area contributed by atoms with E-state index in [1.54, 1.807) is 16.2 Å². The van der Waals surface area contributed by atoms with Gasteiger partial charge < -0.3 is 15.0 Å². The van der Waals surface area contributed by atoms with Crippen molar-refractivity contribution in [2.45, 2.75) is 45.2 Å². The molecule has 3 rings (SSSR count). The number of benzene rings is 2. The van der Waals surface area contributed by atoms with Crippen LogP contribution in [0.5, 0.6) is 0 Å². The average Bonchev–Trinajstić information content (AvgIpc) is 3.30. The SMILES string of the molecule is CCOCCCN(CC(=O)N(Cc1ccccc1)Cc1sccc1C)S(=O)(=O)c1ccc(NC(C)=O)cc1. The van der Waals surface area contributed by atoms with Gasteiger partial charge in [-0.3, -0.25) is 9.59 Å². The van der Waals surface area contributed by atoms with Crippen LogP contribution in [0.2, 0.25) is 0 Å². The van der Waals surface area contributed by atoms with Gasteiger partial charge in [0, 0.05) is 43.8 Å². The zero-order valence-electron chi connectivity index (χ0n) is 22.1. The maximum atomic E-state index is 13.7. The second kappa shape index (κ2) is 14.2. The highest BCUT2D eigenvalue weighted by Crippen LogP contribution is 2.22. The lowest BCUT2D eigenvalue weighted by Gasteiger charge is -2.27. The van der Waals surface area contributed by atoms with E-state index in [-0.39, 0.29) is 29.8 Å². The van der Waals surface area contributed by atoms with Gasteiger partial charge in [0.05, 0.1) is 18.0 Å². The van der Waals surface area contributed by atoms with E-state index < -0.39 is 10.0 Å². The molecule has 38 heavy (non-hydrogen) atoms. The van der Waals surface area contributed by atoms with E-state index in [9.17, 15) is 18.0 Å². The van der Waals surface area contributed by atoms with Crippen molar-refractivity contribution in [3.8, 4) is 0 Å². The molecule has 204 valence electrons. The standard InChI is InChI=1S/C28H35N3O5S2/c1-4-36-17-8-16-31(38(34,35)26-13-11-25(12-14-26)29-23(3)32)21-28(33)30(19-24-9-6-5-7-10-24)20-27-22(2)15-18-37-27/h5-7,9-15,18H,4,8,16-17,19-21H2,1-3H3,(H,29,32). The van der Waals surface area contributed by atoms with Crippen molar-refractivity contribution in [1.82, 2.24) is 9.21 Å². The zero-order chi connectivity index (χ0) is 27.5. The summed E-state index contributed by atoms with van der Waals surface area (Å²) >= 11 is 1.58. The molecule has 0 radical (unpaired) electrons. The Morgan fingerprint density at radius 2 is 1.71 bits per heavy atom. The van der Waals surface area contributed by atoms with Gasteiger partial charge in [-0.05, 0) is 67.1 Å². The molecule has 0 aliphatic carbocycles. The fraction of sp³-hybridized carbons (Fsp3) is 0.357. The third-order valence-electron chi connectivity index (χ3n) is 5.90. The smallest absolute Gasteiger partial charge is 0.243 e. The Bertz CT molecular complexity index is 1290. The van der Waals surface area contributed by atoms with E-state index in [4.69, 9.17) is 4.74 Å². The molecular weight excluding hydrogens is 522 g/mol. The second-order valence-corrected chi connectivity index (χ2v) is 11.8. The van der Waals surface area contributed by atoms with Crippen molar-refractivity contribution >= 4 is 38.9 Å². The maximum Gasteiger partial charge on any atom is 0.243 e. The quantitative estimate of drug-likeness (QED) is 0.291. The van der Waals surface area contributed by atoms with Crippen LogP contribution in [-0.4, -0.2) is 55.7 Å². The largest absolute Gasteiger partial charge is 0.382 e. The highest BCUT2D eigenvalue weighted by atomic mass is 32.2. The Morgan fingerprint density at radius 3 is 2.32 bits per heavy atom. The van der Waals surface area contributed by atoms with Crippen LogP contribution < -0.4 is 5.32 Å². The number of nitrogens with zero attached hydrogens (tertiary/aromatic N) is 2. The fourth-order valence-corrected chi connectivity index (χ4v) is 6.21. The monoisotopic (exact) mass is 557 g/mol. The molecule has 0 aliphatic heterocycles. The van der Waals surface area contributed by atoms with Gasteiger partial charge in [-0.15, -0.1) is 11.3 Å². The summed E-state index contributed by atoms with van der Waals surface area (Å²) in [7, 11) is -3.98. The highest BCUT2D eigenvalue weighted by Gasteiger charge is 2.29. The summed E-state index contributed by atoms with van der Waals surface area (Å²) in [6.45, 7) is 6.80. The minimum atomic E-state index is -3.98. The average molecular weight is 558 g/mol. The number of aryl methyl sites for hydroxylation is 1. The van der Waals surface area contributed by atoms with Gasteiger partial charge in [-0.2, -0.15) is 4.31 Å². The van der Waals surface area contributed by atoms with Gasteiger partial charge in [0.2, 0.25) is 21.8 Å². The van der Waals surface area contributed by atoms with Crippen molar-refractivity contribution in [2.75, 3.05) is 31.6 Å². The number of hydrogen-bond acceptors (Lipinski definition) is 6. The highest BCUT2D eigenvalue weighted by molar-refractivity contribution is 7.89. The van der Waals surface area contributed by atoms with Gasteiger partial charge in [0.15, 0.2) is 0 Å². The van der Waals surface area contributed by atoms with Crippen LogP contribution in [0.4, 0.5) is 5.69 Å². The molecule has 1 N–H and O–H groups in total. The molecular formula is C28H35N3O5S2. The van der Waals surface area contributed by atoms with Crippen LogP contribution in [-0.2, 0) is 37.4 Å². The molecule has 0 aliphatic rings. The number of nitrogens with one attached hydrogen (secondary N) is 1. The Balaban J connectivity index is 1.86. The third kappa shape index (κ3) is 8.49. The van der Waals surface area contributed by atoms with Crippen LogP contribution in [0.1, 0.15) is 36.3 Å². The first-order chi connectivity index (χ1) is 18.2. The molecule has 0 spiro atoms. The molecule has 0 bridgehead atoms. The molecule has 0 fully saturated rings. The summed E-state index contributed by atoms with van der Waals surface area (Å²) in [5.41, 5.74) is 2.56. The maximum absolute atomic E-state index is 13.7. The number of carbonyl (C=O) groups excluding carboxylic acids is 2. The Morgan fingerprint density at radius 1 is 1.00 bits per heavy atom. The number of anilines is 1. The molecule has 10 heteroatoms. The molecule has 3 aromatic rings. The summed E-state index contributed by atoms with van der Waals surface area (Å²) in [6, 6.07) is 17.6. The van der Waals surface area contributed by atoms with E-state index in [2.05, 4.69) is 5.32 Å². The van der Waals surface area contributed by atoms with Crippen molar-refractivity contribution in [2.24, 2.45) is 0 Å². The topological polar surface area (TPSA) is 96.0 Å². The third-order valence-corrected chi connectivity index (χ3v) is 8.76. The number of amides is 2. The summed E-state index contributed by atoms with van der Waals surface area (Å²) in [4.78, 5) is 27.8. The van der Waals surface area contributed by atoms with E-state index >= 15 is 0 Å². The number of sulfonamides is 1. The lowest BCUT2D eigenvalue weighted by Crippen LogP contribution is -2.43. The minimum Gasteiger partial charge on any atom is -0.382 e. The molecule has 1 heterocycles. The van der Waals surface area contributed by atoms with Crippen LogP contribution >= 0.6 is 11.3 Å². The Hall–Kier alpha value is -3.05. The van der Waals surface area contributed by atoms with E-state index in [1.807, 2.05) is 55.6 Å². The number of carbonyl (C=O) groups is 2. The lowest BCUT2D eigenvalue weighted by molar-refractivity contribution is -0.132. The van der Waals surface area contributed by atoms with Gasteiger partial charge >= 0.3 is 0 Å². The first-order valence-corrected chi connectivity index (χ1v) is 14.8. The fourth-order valence-electron chi connectivity index (χ4n) is 3.86. The van der Waals surface area contributed by atoms with Crippen LogP contribution in [0.25, 0.3) is 0 Å². The molecule has 8 nitrogen and oxygen atoms in total. The minimum absolute atomic E-state index is 0.0551. The van der Waals surface area contributed by atoms with Crippen LogP contribution in [0, 0.1) is 6.92 Å². The van der Waals surface area contributed by atoms with Gasteiger partial charge in [-0.25, -0.2) is 8.42 Å². The summed E-state index contributed by atoms with van der Waals surface area (Å²) in [5.74, 6) is -0.528. The normalized spacial score (nSPS) is 11.5. The van der Waals surface area contributed by atoms with Crippen molar-refractivity contribution in [3.63, 3.8) is 0 Å². The zero-order valence-corrected chi connectivity index (χ0v) is 23.7. The first kappa shape index (κ1) is 29.5. The molecule has 0 unspecified atom stereocenters. The predicted molar refractivity (Wildman–Crippen MR) is 150 cm³/mol. The number of thiophene rings is 1. The lowest BCUT2D eigenvalue weighted by atomic mass is 10.2. The Kier molecular flexibility index (Phi) is 11.0. The van der Waals surface area contributed by atoms with Gasteiger partial charge in [0.25, 0.3) is 0 Å². The second-order valence-electron chi connectivity index (χ2n) is 8.86. The van der Waals surface area contributed by atoms with Gasteiger partial charge in [0.1, 0.15) is 0 Å². The van der Waals surface area contributed by atoms with Crippen molar-refractivity contribution in [3.05, 3.63) is 82.0 Å². The van der Waals surface area contributed by atoms with E-state index in [0.717, 1.165) is 16.0 Å². The molecule has 2 amide bonds. The predicted octanol–water partition coefficient (Wildman–Crippen LogP) is 4.66. The summed E-state index contributed by atoms with van der Waals surface area (Å²) in [6.07, 6.45) is 0.451. The summed E-state index contributed by atoms with van der Waals surface area (Å²) < 4.78 is 33.9. The molecule has 2 aromatic carbocycles. The molecule has 0 saturated carbocycles. The summed E-state index contributed by atoms with van der Waals surface area (Å²) in [5, 5.41) is 4.62. The number of rotatable bonds is 14. The number of hydrogen-bond donors (Lipinski definition) is 1. The molecule has 0 saturated heterocycles. The Labute approximate surface area is 229 Å². The van der Waals surface area contributed by atoms with Crippen molar-refractivity contribution < 1.29 is 22.7 Å².